The molecule has 0 amide bonds. The monoisotopic (exact) mass is 175 g/mol. The molecular weight excluding hydrogens is 157 g/mol. The SMILES string of the molecule is CC(=O)O.CN(C)C.CO.[H-].[Na+]. The second-order valence-electron chi connectivity index (χ2n) is 1.86. The summed E-state index contributed by atoms with van der Waals surface area (Å²) in [6, 6.07) is 0. The summed E-state index contributed by atoms with van der Waals surface area (Å²) in [5.41, 5.74) is 0. The number of rotatable bonds is 0. The Morgan fingerprint density at radius 3 is 1.27 bits per heavy atom. The molecule has 66 valence electrons. The molecule has 0 saturated heterocycles. The van der Waals surface area contributed by atoms with Gasteiger partial charge in [-0.05, 0) is 21.1 Å². The first-order valence-corrected chi connectivity index (χ1v) is 2.72. The maximum absolute atomic E-state index is 9.00. The number of hydrogen-bond donors (Lipinski definition) is 2. The van der Waals surface area contributed by atoms with Gasteiger partial charge in [-0.25, -0.2) is 0 Å². The minimum absolute atomic E-state index is 0. The molecule has 0 aromatic rings. The molecule has 0 aliphatic rings. The number of carboxylic acids is 1. The molecule has 0 rings (SSSR count). The molecule has 0 aliphatic carbocycles. The van der Waals surface area contributed by atoms with Crippen molar-refractivity contribution in [3.05, 3.63) is 0 Å². The summed E-state index contributed by atoms with van der Waals surface area (Å²) in [5, 5.41) is 14.4. The van der Waals surface area contributed by atoms with Crippen molar-refractivity contribution in [2.24, 2.45) is 0 Å². The van der Waals surface area contributed by atoms with Gasteiger partial charge >= 0.3 is 29.6 Å². The molecular formula is C6H18NNaO3. The third kappa shape index (κ3) is 4810. The Hall–Kier alpha value is 0.390. The zero-order chi connectivity index (χ0) is 9.15. The van der Waals surface area contributed by atoms with Crippen molar-refractivity contribution in [3.8, 4) is 0 Å². The van der Waals surface area contributed by atoms with Crippen LogP contribution in [0.25, 0.3) is 0 Å². The Morgan fingerprint density at radius 2 is 1.27 bits per heavy atom. The maximum atomic E-state index is 9.00. The fourth-order valence-electron chi connectivity index (χ4n) is 0. The van der Waals surface area contributed by atoms with E-state index in [4.69, 9.17) is 15.0 Å². The van der Waals surface area contributed by atoms with Crippen LogP contribution in [0.15, 0.2) is 0 Å². The van der Waals surface area contributed by atoms with Gasteiger partial charge in [0.2, 0.25) is 0 Å². The normalized spacial score (nSPS) is 6.09. The largest absolute Gasteiger partial charge is 1.00 e. The molecule has 0 aliphatic heterocycles. The molecule has 0 saturated carbocycles. The van der Waals surface area contributed by atoms with Crippen LogP contribution < -0.4 is 29.6 Å². The van der Waals surface area contributed by atoms with Gasteiger partial charge in [0.05, 0.1) is 0 Å². The Balaban J connectivity index is -0.0000000198. The average Bonchev–Trinajstić information content (AvgIpc) is 1.66. The number of aliphatic carboxylic acids is 1. The van der Waals surface area contributed by atoms with Crippen molar-refractivity contribution in [3.63, 3.8) is 0 Å². The van der Waals surface area contributed by atoms with E-state index in [1.165, 1.54) is 0 Å². The van der Waals surface area contributed by atoms with Gasteiger partial charge in [0, 0.05) is 14.0 Å². The van der Waals surface area contributed by atoms with Gasteiger partial charge in [-0.2, -0.15) is 0 Å². The Bertz CT molecular complexity index is 67.1. The van der Waals surface area contributed by atoms with Crippen LogP contribution in [0.2, 0.25) is 0 Å². The van der Waals surface area contributed by atoms with Crippen LogP contribution in [0.4, 0.5) is 0 Å². The van der Waals surface area contributed by atoms with Crippen LogP contribution in [-0.4, -0.2) is 49.3 Å². The third-order valence-electron chi connectivity index (χ3n) is 0. The molecule has 11 heavy (non-hydrogen) atoms. The molecule has 0 aromatic heterocycles. The van der Waals surface area contributed by atoms with Gasteiger partial charge in [0.25, 0.3) is 5.97 Å². The van der Waals surface area contributed by atoms with Crippen LogP contribution >= 0.6 is 0 Å². The van der Waals surface area contributed by atoms with E-state index in [1.54, 1.807) is 0 Å². The molecule has 0 heterocycles. The number of aliphatic hydroxyl groups excluding tert-OH is 1. The van der Waals surface area contributed by atoms with E-state index in [0.29, 0.717) is 0 Å². The van der Waals surface area contributed by atoms with Crippen LogP contribution in [-0.2, 0) is 4.79 Å². The van der Waals surface area contributed by atoms with Crippen molar-refractivity contribution >= 4 is 5.97 Å². The standard InChI is InChI=1S/C3H9N.C2H4O2.CH4O.Na.H/c1-4(2)3;1-2(3)4;1-2;;/h1-3H3;1H3,(H,3,4);2H,1H3;;/q;;;+1;-1. The zero-order valence-electron chi connectivity index (χ0n) is 9.25. The number of carbonyl (C=O) groups is 1. The molecule has 0 unspecified atom stereocenters. The summed E-state index contributed by atoms with van der Waals surface area (Å²) in [7, 11) is 7.00. The maximum Gasteiger partial charge on any atom is 1.00 e. The van der Waals surface area contributed by atoms with E-state index in [2.05, 4.69) is 0 Å². The summed E-state index contributed by atoms with van der Waals surface area (Å²) < 4.78 is 0. The van der Waals surface area contributed by atoms with E-state index in [9.17, 15) is 0 Å². The molecule has 2 N–H and O–H groups in total. The number of nitrogens with zero attached hydrogens (tertiary/aromatic N) is 1. The minimum atomic E-state index is -0.833. The van der Waals surface area contributed by atoms with E-state index in [0.717, 1.165) is 14.0 Å². The van der Waals surface area contributed by atoms with Crippen LogP contribution in [0.1, 0.15) is 8.35 Å². The van der Waals surface area contributed by atoms with Crippen molar-refractivity contribution in [1.82, 2.24) is 4.90 Å². The summed E-state index contributed by atoms with van der Waals surface area (Å²) in [4.78, 5) is 11.0. The van der Waals surface area contributed by atoms with Crippen molar-refractivity contribution < 1.29 is 46.0 Å². The molecule has 4 nitrogen and oxygen atoms in total. The van der Waals surface area contributed by atoms with Gasteiger partial charge in [-0.1, -0.05) is 0 Å². The average molecular weight is 175 g/mol. The predicted octanol–water partition coefficient (Wildman–Crippen LogP) is -3.01. The van der Waals surface area contributed by atoms with Gasteiger partial charge in [-0.3, -0.25) is 4.79 Å². The molecule has 0 bridgehead atoms. The topological polar surface area (TPSA) is 60.8 Å². The van der Waals surface area contributed by atoms with Gasteiger partial charge in [0.1, 0.15) is 0 Å². The summed E-state index contributed by atoms with van der Waals surface area (Å²) >= 11 is 0. The first-order chi connectivity index (χ1) is 4.46. The number of carboxylic acid groups (broad SMARTS) is 1. The minimum Gasteiger partial charge on any atom is -1.00 e. The quantitative estimate of drug-likeness (QED) is 0.385. The molecule has 0 aromatic carbocycles. The second-order valence-corrected chi connectivity index (χ2v) is 1.86. The Labute approximate surface area is 92.0 Å². The Kier molecular flexibility index (Phi) is 45.9. The summed E-state index contributed by atoms with van der Waals surface area (Å²) in [6.07, 6.45) is 0. The van der Waals surface area contributed by atoms with Gasteiger partial charge in [0.15, 0.2) is 0 Å². The fourth-order valence-corrected chi connectivity index (χ4v) is 0. The first kappa shape index (κ1) is 22.5. The van der Waals surface area contributed by atoms with Crippen molar-refractivity contribution in [2.75, 3.05) is 28.3 Å². The molecule has 0 atom stereocenters. The zero-order valence-corrected chi connectivity index (χ0v) is 10.2. The second kappa shape index (κ2) is 22.4. The number of aliphatic hydroxyl groups is 1. The van der Waals surface area contributed by atoms with Crippen LogP contribution in [0, 0.1) is 0 Å². The molecule has 0 radical (unpaired) electrons. The first-order valence-electron chi connectivity index (χ1n) is 2.72. The van der Waals surface area contributed by atoms with Crippen LogP contribution in [0.5, 0.6) is 0 Å². The smallest absolute Gasteiger partial charge is 1.00 e. The van der Waals surface area contributed by atoms with Gasteiger partial charge in [-0.15, -0.1) is 0 Å². The third-order valence-corrected chi connectivity index (χ3v) is 0. The van der Waals surface area contributed by atoms with Gasteiger partial charge < -0.3 is 16.5 Å². The Morgan fingerprint density at radius 1 is 1.27 bits per heavy atom. The molecule has 0 fully saturated rings. The number of hydrogen-bond acceptors (Lipinski definition) is 3. The van der Waals surface area contributed by atoms with Crippen molar-refractivity contribution in [2.45, 2.75) is 6.92 Å². The summed E-state index contributed by atoms with van der Waals surface area (Å²) in [6.45, 7) is 1.08. The molecule has 0 spiro atoms. The predicted molar refractivity (Wildman–Crippen MR) is 42.2 cm³/mol. The summed E-state index contributed by atoms with van der Waals surface area (Å²) in [5.74, 6) is -0.833. The van der Waals surface area contributed by atoms with E-state index in [-0.39, 0.29) is 31.0 Å². The van der Waals surface area contributed by atoms with Crippen LogP contribution in [0.3, 0.4) is 0 Å². The molecule has 5 heteroatoms. The van der Waals surface area contributed by atoms with E-state index in [1.807, 2.05) is 26.0 Å². The van der Waals surface area contributed by atoms with E-state index < -0.39 is 5.97 Å². The fraction of sp³-hybridized carbons (Fsp3) is 0.833. The van der Waals surface area contributed by atoms with Crippen molar-refractivity contribution in [1.29, 1.82) is 0 Å². The van der Waals surface area contributed by atoms with E-state index >= 15 is 0 Å².